The second kappa shape index (κ2) is 9.58. The van der Waals surface area contributed by atoms with Crippen LogP contribution in [0.25, 0.3) is 10.7 Å². The number of halogens is 4. The van der Waals surface area contributed by atoms with Crippen LogP contribution in [0.3, 0.4) is 0 Å². The number of nitrogens with two attached hydrogens (primary N) is 1. The zero-order chi connectivity index (χ0) is 24.3. The molecule has 1 atom stereocenters. The van der Waals surface area contributed by atoms with Gasteiger partial charge in [0.25, 0.3) is 5.91 Å². The van der Waals surface area contributed by atoms with Crippen molar-refractivity contribution in [3.05, 3.63) is 53.0 Å². The van der Waals surface area contributed by atoms with Crippen molar-refractivity contribution in [3.63, 3.8) is 0 Å². The van der Waals surface area contributed by atoms with Gasteiger partial charge in [0.1, 0.15) is 33.3 Å². The molecule has 180 valence electrons. The van der Waals surface area contributed by atoms with E-state index in [2.05, 4.69) is 30.8 Å². The molecule has 3 aromatic heterocycles. The molecule has 0 bridgehead atoms. The zero-order valence-electron chi connectivity index (χ0n) is 17.8. The average molecular weight is 496 g/mol. The molecule has 0 spiro atoms. The van der Waals surface area contributed by atoms with Crippen molar-refractivity contribution >= 4 is 23.1 Å². The summed E-state index contributed by atoms with van der Waals surface area (Å²) in [6, 6.07) is 4.16. The van der Waals surface area contributed by atoms with Crippen LogP contribution in [0, 0.1) is 5.82 Å². The van der Waals surface area contributed by atoms with Crippen LogP contribution in [-0.2, 0) is 5.41 Å². The molecule has 3 heterocycles. The van der Waals surface area contributed by atoms with Gasteiger partial charge in [-0.15, -0.1) is 21.5 Å². The number of amides is 1. The predicted octanol–water partition coefficient (Wildman–Crippen LogP) is 3.29. The van der Waals surface area contributed by atoms with Crippen molar-refractivity contribution in [1.82, 2.24) is 25.5 Å². The van der Waals surface area contributed by atoms with Gasteiger partial charge in [0, 0.05) is 24.7 Å². The van der Waals surface area contributed by atoms with Crippen molar-refractivity contribution in [1.29, 1.82) is 0 Å². The second-order valence-electron chi connectivity index (χ2n) is 8.01. The average Bonchev–Trinajstić information content (AvgIpc) is 3.28. The summed E-state index contributed by atoms with van der Waals surface area (Å²) in [5.41, 5.74) is 5.45. The van der Waals surface area contributed by atoms with Gasteiger partial charge in [0.2, 0.25) is 0 Å². The minimum Gasteiger partial charge on any atom is -0.368 e. The first-order valence-electron chi connectivity index (χ1n) is 10.4. The Bertz CT molecular complexity index is 1150. The maximum atomic E-state index is 14.3. The number of hydrogen-bond acceptors (Lipinski definition) is 8. The summed E-state index contributed by atoms with van der Waals surface area (Å²) in [4.78, 5) is 20.5. The minimum atomic E-state index is -4.60. The van der Waals surface area contributed by atoms with Gasteiger partial charge in [-0.2, -0.15) is 13.2 Å². The third-order valence-corrected chi connectivity index (χ3v) is 6.71. The Morgan fingerprint density at radius 1 is 1.21 bits per heavy atom. The smallest absolute Gasteiger partial charge is 0.368 e. The van der Waals surface area contributed by atoms with E-state index in [9.17, 15) is 22.4 Å². The van der Waals surface area contributed by atoms with E-state index in [1.807, 2.05) is 0 Å². The van der Waals surface area contributed by atoms with Gasteiger partial charge in [0.15, 0.2) is 0 Å². The molecule has 4 N–H and O–H groups in total. The summed E-state index contributed by atoms with van der Waals surface area (Å²) >= 11 is 0.970. The van der Waals surface area contributed by atoms with Crippen LogP contribution in [0.5, 0.6) is 0 Å². The van der Waals surface area contributed by atoms with Gasteiger partial charge >= 0.3 is 6.18 Å². The van der Waals surface area contributed by atoms with Crippen molar-refractivity contribution in [2.45, 2.75) is 36.9 Å². The van der Waals surface area contributed by atoms with Crippen LogP contribution in [0.1, 0.15) is 34.6 Å². The standard InChI is InChI=1S/C21H21F4N7OS/c22-12-3-1-8-27-17(12)20(6-2-7-20)11-30-16-5-4-13(31-32-16)19-29-9-14(34-19)18(33)28-10-15(26)21(23,24)25/h1,3-5,8-9,15H,2,6-7,10-11,26H2,(H,28,33)(H,30,32). The summed E-state index contributed by atoms with van der Waals surface area (Å²) in [6.07, 6.45) is 0.866. The zero-order valence-corrected chi connectivity index (χ0v) is 18.6. The molecule has 8 nitrogen and oxygen atoms in total. The third-order valence-electron chi connectivity index (χ3n) is 5.70. The van der Waals surface area contributed by atoms with E-state index in [4.69, 9.17) is 5.73 Å². The number of carbonyl (C=O) groups excluding carboxylic acids is 1. The quantitative estimate of drug-likeness (QED) is 0.411. The van der Waals surface area contributed by atoms with E-state index < -0.39 is 30.1 Å². The van der Waals surface area contributed by atoms with E-state index in [0.717, 1.165) is 30.6 Å². The van der Waals surface area contributed by atoms with E-state index in [-0.39, 0.29) is 10.7 Å². The first-order valence-corrected chi connectivity index (χ1v) is 11.2. The summed E-state index contributed by atoms with van der Waals surface area (Å²) in [6.45, 7) is -0.282. The molecule has 13 heteroatoms. The molecule has 0 aliphatic heterocycles. The number of rotatable bonds is 8. The monoisotopic (exact) mass is 495 g/mol. The highest BCUT2D eigenvalue weighted by molar-refractivity contribution is 7.16. The minimum absolute atomic E-state index is 0.123. The summed E-state index contributed by atoms with van der Waals surface area (Å²) in [7, 11) is 0. The summed E-state index contributed by atoms with van der Waals surface area (Å²) in [5, 5.41) is 14.0. The molecule has 1 saturated carbocycles. The Kier molecular flexibility index (Phi) is 6.75. The van der Waals surface area contributed by atoms with Crippen molar-refractivity contribution in [3.8, 4) is 10.7 Å². The Balaban J connectivity index is 1.36. The van der Waals surface area contributed by atoms with Gasteiger partial charge in [-0.25, -0.2) is 9.37 Å². The fraction of sp³-hybridized carbons (Fsp3) is 0.381. The Morgan fingerprint density at radius 3 is 2.62 bits per heavy atom. The number of anilines is 1. The highest BCUT2D eigenvalue weighted by Gasteiger charge is 2.42. The lowest BCUT2D eigenvalue weighted by atomic mass is 9.66. The van der Waals surface area contributed by atoms with Crippen LogP contribution in [0.4, 0.5) is 23.4 Å². The van der Waals surface area contributed by atoms with Crippen molar-refractivity contribution in [2.24, 2.45) is 5.73 Å². The number of nitrogens with one attached hydrogen (secondary N) is 2. The van der Waals surface area contributed by atoms with Crippen molar-refractivity contribution in [2.75, 3.05) is 18.4 Å². The summed E-state index contributed by atoms with van der Waals surface area (Å²) in [5.74, 6) is -0.543. The number of aromatic nitrogens is 4. The molecule has 1 aliphatic carbocycles. The lowest BCUT2D eigenvalue weighted by Crippen LogP contribution is -2.46. The van der Waals surface area contributed by atoms with Gasteiger partial charge < -0.3 is 16.4 Å². The molecule has 3 aromatic rings. The van der Waals surface area contributed by atoms with Crippen molar-refractivity contribution < 1.29 is 22.4 Å². The molecular weight excluding hydrogens is 474 g/mol. The fourth-order valence-corrected chi connectivity index (χ4v) is 4.38. The summed E-state index contributed by atoms with van der Waals surface area (Å²) < 4.78 is 51.7. The first kappa shape index (κ1) is 24.0. The molecule has 0 radical (unpaired) electrons. The lowest BCUT2D eigenvalue weighted by Gasteiger charge is -2.41. The molecule has 1 fully saturated rings. The number of nitrogens with zero attached hydrogens (tertiary/aromatic N) is 4. The number of carbonyl (C=O) groups is 1. The molecule has 0 aromatic carbocycles. The Labute approximate surface area is 196 Å². The van der Waals surface area contributed by atoms with E-state index >= 15 is 0 Å². The number of alkyl halides is 3. The van der Waals surface area contributed by atoms with Gasteiger partial charge in [0.05, 0.1) is 11.9 Å². The van der Waals surface area contributed by atoms with Crippen LogP contribution in [0.2, 0.25) is 0 Å². The molecule has 34 heavy (non-hydrogen) atoms. The number of pyridine rings is 1. The molecular formula is C21H21F4N7OS. The van der Waals surface area contributed by atoms with E-state index in [1.165, 1.54) is 12.3 Å². The normalized spacial score (nSPS) is 15.9. The van der Waals surface area contributed by atoms with E-state index in [0.29, 0.717) is 28.8 Å². The number of hydrogen-bond donors (Lipinski definition) is 3. The van der Waals surface area contributed by atoms with E-state index in [1.54, 1.807) is 24.4 Å². The Hall–Kier alpha value is -3.19. The lowest BCUT2D eigenvalue weighted by molar-refractivity contribution is -0.146. The maximum Gasteiger partial charge on any atom is 0.405 e. The molecule has 1 amide bonds. The maximum absolute atomic E-state index is 14.3. The molecule has 4 rings (SSSR count). The second-order valence-corrected chi connectivity index (χ2v) is 9.04. The van der Waals surface area contributed by atoms with Gasteiger partial charge in [-0.3, -0.25) is 9.78 Å². The first-order chi connectivity index (χ1) is 16.2. The molecule has 1 aliphatic rings. The fourth-order valence-electron chi connectivity index (χ4n) is 3.58. The largest absolute Gasteiger partial charge is 0.405 e. The van der Waals surface area contributed by atoms with Crippen LogP contribution >= 0.6 is 11.3 Å². The molecule has 0 saturated heterocycles. The predicted molar refractivity (Wildman–Crippen MR) is 118 cm³/mol. The SMILES string of the molecule is NC(CNC(=O)c1cnc(-c2ccc(NCC3(c4ncccc4F)CCC3)nn2)s1)C(F)(F)F. The highest BCUT2D eigenvalue weighted by Crippen LogP contribution is 2.43. The van der Waals surface area contributed by atoms with Crippen LogP contribution < -0.4 is 16.4 Å². The topological polar surface area (TPSA) is 119 Å². The third kappa shape index (κ3) is 5.14. The Morgan fingerprint density at radius 2 is 2.00 bits per heavy atom. The van der Waals surface area contributed by atoms with Crippen LogP contribution in [-0.4, -0.2) is 51.4 Å². The van der Waals surface area contributed by atoms with Gasteiger partial charge in [-0.1, -0.05) is 6.42 Å². The van der Waals surface area contributed by atoms with Crippen LogP contribution in [0.15, 0.2) is 36.7 Å². The number of thiazole rings is 1. The molecule has 1 unspecified atom stereocenters. The highest BCUT2D eigenvalue weighted by atomic mass is 32.1. The van der Waals surface area contributed by atoms with Gasteiger partial charge in [-0.05, 0) is 37.1 Å².